The fourth-order valence-electron chi connectivity index (χ4n) is 3.31. The molecular weight excluding hydrogens is 334 g/mol. The largest absolute Gasteiger partial charge is 0.303 e. The van der Waals surface area contributed by atoms with Crippen molar-refractivity contribution >= 4 is 17.2 Å². The Labute approximate surface area is 158 Å². The molecule has 2 aromatic heterocycles. The molecule has 0 saturated heterocycles. The van der Waals surface area contributed by atoms with Gasteiger partial charge in [-0.05, 0) is 43.2 Å². The third-order valence-electron chi connectivity index (χ3n) is 4.64. The van der Waals surface area contributed by atoms with E-state index in [-0.39, 0.29) is 5.91 Å². The van der Waals surface area contributed by atoms with Crippen LogP contribution in [-0.4, -0.2) is 15.3 Å². The summed E-state index contributed by atoms with van der Waals surface area (Å²) < 4.78 is 1.90. The Balaban J connectivity index is 1.82. The molecule has 0 radical (unpaired) electrons. The van der Waals surface area contributed by atoms with Crippen molar-refractivity contribution in [2.24, 2.45) is 0 Å². The molecule has 0 unspecified atom stereocenters. The van der Waals surface area contributed by atoms with E-state index in [0.717, 1.165) is 28.2 Å². The third kappa shape index (κ3) is 3.34. The van der Waals surface area contributed by atoms with Crippen LogP contribution < -0.4 is 4.90 Å². The molecule has 0 aliphatic rings. The number of amides is 1. The zero-order valence-corrected chi connectivity index (χ0v) is 15.5. The summed E-state index contributed by atoms with van der Waals surface area (Å²) in [6.45, 7) is 4.41. The number of imidazole rings is 1. The number of carbonyl (C=O) groups excluding carboxylic acids is 1. The molecule has 0 N–H and O–H groups in total. The number of rotatable bonds is 4. The standard InChI is InChI=1S/C23H21N3O/c1-17-13-14-21-24-18(2)22(26(21)15-17)23(27)25(20-11-7-4-8-12-20)16-19-9-5-3-6-10-19/h3-15H,16H2,1-2H3. The molecule has 134 valence electrons. The van der Waals surface area contributed by atoms with Crippen LogP contribution in [0.25, 0.3) is 5.65 Å². The van der Waals surface area contributed by atoms with Gasteiger partial charge in [0.1, 0.15) is 11.3 Å². The maximum absolute atomic E-state index is 13.6. The molecule has 4 heteroatoms. The smallest absolute Gasteiger partial charge is 0.277 e. The number of hydrogen-bond donors (Lipinski definition) is 0. The summed E-state index contributed by atoms with van der Waals surface area (Å²) in [5.74, 6) is -0.0550. The van der Waals surface area contributed by atoms with Gasteiger partial charge in [0.15, 0.2) is 0 Å². The Bertz CT molecular complexity index is 1080. The maximum atomic E-state index is 13.6. The first kappa shape index (κ1) is 17.0. The number of para-hydroxylation sites is 1. The first-order chi connectivity index (χ1) is 13.1. The van der Waals surface area contributed by atoms with Gasteiger partial charge in [0.05, 0.1) is 12.2 Å². The Hall–Kier alpha value is -3.40. The predicted molar refractivity (Wildman–Crippen MR) is 108 cm³/mol. The Kier molecular flexibility index (Phi) is 4.47. The average molecular weight is 355 g/mol. The minimum absolute atomic E-state index is 0.0550. The van der Waals surface area contributed by atoms with E-state index in [4.69, 9.17) is 0 Å². The normalized spacial score (nSPS) is 10.9. The lowest BCUT2D eigenvalue weighted by atomic mass is 10.1. The van der Waals surface area contributed by atoms with E-state index >= 15 is 0 Å². The summed E-state index contributed by atoms with van der Waals surface area (Å²) in [7, 11) is 0. The maximum Gasteiger partial charge on any atom is 0.277 e. The minimum atomic E-state index is -0.0550. The SMILES string of the molecule is Cc1ccc2nc(C)c(C(=O)N(Cc3ccccc3)c3ccccc3)n2c1. The quantitative estimate of drug-likeness (QED) is 0.527. The number of hydrogen-bond acceptors (Lipinski definition) is 2. The molecule has 0 saturated carbocycles. The number of pyridine rings is 1. The number of aromatic nitrogens is 2. The Morgan fingerprint density at radius 1 is 0.926 bits per heavy atom. The van der Waals surface area contributed by atoms with Crippen LogP contribution in [0.3, 0.4) is 0 Å². The third-order valence-corrected chi connectivity index (χ3v) is 4.64. The molecule has 1 amide bonds. The first-order valence-electron chi connectivity index (χ1n) is 8.99. The average Bonchev–Trinajstić information content (AvgIpc) is 3.02. The fraction of sp³-hybridized carbons (Fsp3) is 0.130. The summed E-state index contributed by atoms with van der Waals surface area (Å²) >= 11 is 0. The van der Waals surface area contributed by atoms with Gasteiger partial charge in [0.25, 0.3) is 5.91 Å². The molecule has 0 fully saturated rings. The van der Waals surface area contributed by atoms with Gasteiger partial charge >= 0.3 is 0 Å². The van der Waals surface area contributed by atoms with Gasteiger partial charge in [0, 0.05) is 11.9 Å². The Morgan fingerprint density at radius 3 is 2.30 bits per heavy atom. The molecular formula is C23H21N3O. The number of fused-ring (bicyclic) bond motifs is 1. The fourth-order valence-corrected chi connectivity index (χ4v) is 3.31. The van der Waals surface area contributed by atoms with Crippen LogP contribution in [0, 0.1) is 13.8 Å². The lowest BCUT2D eigenvalue weighted by Crippen LogP contribution is -2.31. The van der Waals surface area contributed by atoms with Crippen molar-refractivity contribution in [3.63, 3.8) is 0 Å². The zero-order valence-electron chi connectivity index (χ0n) is 15.5. The van der Waals surface area contributed by atoms with Crippen molar-refractivity contribution in [2.45, 2.75) is 20.4 Å². The second kappa shape index (κ2) is 7.08. The Morgan fingerprint density at radius 2 is 1.59 bits per heavy atom. The second-order valence-electron chi connectivity index (χ2n) is 6.69. The van der Waals surface area contributed by atoms with Crippen molar-refractivity contribution in [1.29, 1.82) is 0 Å². The monoisotopic (exact) mass is 355 g/mol. The minimum Gasteiger partial charge on any atom is -0.303 e. The van der Waals surface area contributed by atoms with Crippen molar-refractivity contribution in [3.05, 3.63) is 102 Å². The van der Waals surface area contributed by atoms with Crippen molar-refractivity contribution in [1.82, 2.24) is 9.38 Å². The second-order valence-corrected chi connectivity index (χ2v) is 6.69. The van der Waals surface area contributed by atoms with E-state index in [0.29, 0.717) is 12.2 Å². The number of carbonyl (C=O) groups is 1. The molecule has 0 spiro atoms. The van der Waals surface area contributed by atoms with Gasteiger partial charge in [-0.1, -0.05) is 54.6 Å². The van der Waals surface area contributed by atoms with E-state index < -0.39 is 0 Å². The summed E-state index contributed by atoms with van der Waals surface area (Å²) in [5.41, 5.74) is 5.16. The molecule has 4 nitrogen and oxygen atoms in total. The van der Waals surface area contributed by atoms with Crippen LogP contribution in [-0.2, 0) is 6.54 Å². The van der Waals surface area contributed by atoms with Crippen molar-refractivity contribution in [3.8, 4) is 0 Å². The number of anilines is 1. The molecule has 4 rings (SSSR count). The van der Waals surface area contributed by atoms with Gasteiger partial charge in [-0.25, -0.2) is 4.98 Å². The van der Waals surface area contributed by atoms with Crippen LogP contribution in [0.2, 0.25) is 0 Å². The number of benzene rings is 2. The number of nitrogens with zero attached hydrogens (tertiary/aromatic N) is 3. The highest BCUT2D eigenvalue weighted by Crippen LogP contribution is 2.22. The molecule has 2 heterocycles. The van der Waals surface area contributed by atoms with Gasteiger partial charge < -0.3 is 4.90 Å². The zero-order chi connectivity index (χ0) is 18.8. The molecule has 27 heavy (non-hydrogen) atoms. The van der Waals surface area contributed by atoms with E-state index in [1.165, 1.54) is 0 Å². The molecule has 0 aliphatic heterocycles. The van der Waals surface area contributed by atoms with Crippen LogP contribution in [0.5, 0.6) is 0 Å². The van der Waals surface area contributed by atoms with Gasteiger partial charge in [-0.3, -0.25) is 9.20 Å². The lowest BCUT2D eigenvalue weighted by molar-refractivity contribution is 0.0979. The summed E-state index contributed by atoms with van der Waals surface area (Å²) in [6, 6.07) is 23.8. The van der Waals surface area contributed by atoms with Crippen LogP contribution in [0.1, 0.15) is 27.3 Å². The van der Waals surface area contributed by atoms with Gasteiger partial charge in [-0.2, -0.15) is 0 Å². The van der Waals surface area contributed by atoms with E-state index in [2.05, 4.69) is 4.98 Å². The highest BCUT2D eigenvalue weighted by atomic mass is 16.2. The molecule has 2 aromatic carbocycles. The molecule has 4 aromatic rings. The van der Waals surface area contributed by atoms with E-state index in [1.807, 2.05) is 102 Å². The van der Waals surface area contributed by atoms with Crippen molar-refractivity contribution in [2.75, 3.05) is 4.90 Å². The van der Waals surface area contributed by atoms with Gasteiger partial charge in [-0.15, -0.1) is 0 Å². The highest BCUT2D eigenvalue weighted by molar-refractivity contribution is 6.06. The molecule has 0 aliphatic carbocycles. The lowest BCUT2D eigenvalue weighted by Gasteiger charge is -2.23. The highest BCUT2D eigenvalue weighted by Gasteiger charge is 2.24. The predicted octanol–water partition coefficient (Wildman–Crippen LogP) is 4.80. The van der Waals surface area contributed by atoms with Gasteiger partial charge in [0.2, 0.25) is 0 Å². The van der Waals surface area contributed by atoms with Crippen LogP contribution in [0.15, 0.2) is 79.0 Å². The van der Waals surface area contributed by atoms with Crippen LogP contribution in [0.4, 0.5) is 5.69 Å². The summed E-state index contributed by atoms with van der Waals surface area (Å²) in [5, 5.41) is 0. The topological polar surface area (TPSA) is 37.6 Å². The van der Waals surface area contributed by atoms with Crippen LogP contribution >= 0.6 is 0 Å². The molecule has 0 bridgehead atoms. The summed E-state index contributed by atoms with van der Waals surface area (Å²) in [6.07, 6.45) is 1.97. The van der Waals surface area contributed by atoms with E-state index in [9.17, 15) is 4.79 Å². The first-order valence-corrected chi connectivity index (χ1v) is 8.99. The van der Waals surface area contributed by atoms with E-state index in [1.54, 1.807) is 0 Å². The number of aryl methyl sites for hydroxylation is 2. The molecule has 0 atom stereocenters. The summed E-state index contributed by atoms with van der Waals surface area (Å²) in [4.78, 5) is 20.0. The van der Waals surface area contributed by atoms with Crippen molar-refractivity contribution < 1.29 is 4.79 Å².